The SMILES string of the molecule is CN(C=O)Cc1ccc(N)c(C(=O)O)c1.CN(C=O)Cc1ccc2[nH]c(=O)oc(=O)c2c1. The van der Waals surface area contributed by atoms with Crippen molar-refractivity contribution in [3.8, 4) is 0 Å². The predicted octanol–water partition coefficient (Wildman–Crippen LogP) is 0.625. The predicted molar refractivity (Wildman–Crippen MR) is 116 cm³/mol. The minimum Gasteiger partial charge on any atom is -0.478 e. The number of nitrogen functional groups attached to an aromatic ring is 1. The third kappa shape index (κ3) is 6.29. The van der Waals surface area contributed by atoms with Crippen molar-refractivity contribution in [1.29, 1.82) is 0 Å². The number of rotatable bonds is 7. The normalized spacial score (nSPS) is 10.1. The van der Waals surface area contributed by atoms with Gasteiger partial charge in [-0.25, -0.2) is 14.4 Å². The van der Waals surface area contributed by atoms with Gasteiger partial charge >= 0.3 is 17.4 Å². The van der Waals surface area contributed by atoms with Gasteiger partial charge in [-0.15, -0.1) is 0 Å². The first-order valence-corrected chi connectivity index (χ1v) is 9.23. The summed E-state index contributed by atoms with van der Waals surface area (Å²) >= 11 is 0. The van der Waals surface area contributed by atoms with E-state index in [9.17, 15) is 24.0 Å². The van der Waals surface area contributed by atoms with Crippen LogP contribution in [0.15, 0.2) is 50.4 Å². The highest BCUT2D eigenvalue weighted by Crippen LogP contribution is 2.15. The Balaban J connectivity index is 0.000000229. The van der Waals surface area contributed by atoms with Gasteiger partial charge in [0.2, 0.25) is 12.8 Å². The van der Waals surface area contributed by atoms with E-state index in [0.717, 1.165) is 11.1 Å². The van der Waals surface area contributed by atoms with Crippen LogP contribution in [0.2, 0.25) is 0 Å². The maximum absolute atomic E-state index is 11.4. The number of carbonyl (C=O) groups is 3. The Morgan fingerprint density at radius 3 is 2.16 bits per heavy atom. The Morgan fingerprint density at radius 1 is 1.03 bits per heavy atom. The molecule has 0 aliphatic carbocycles. The van der Waals surface area contributed by atoms with Gasteiger partial charge in [0.1, 0.15) is 0 Å². The van der Waals surface area contributed by atoms with Crippen molar-refractivity contribution in [3.05, 3.63) is 74.1 Å². The van der Waals surface area contributed by atoms with Crippen LogP contribution in [0.3, 0.4) is 0 Å². The van der Waals surface area contributed by atoms with Crippen LogP contribution in [0, 0.1) is 0 Å². The van der Waals surface area contributed by atoms with E-state index in [1.54, 1.807) is 38.4 Å². The highest BCUT2D eigenvalue weighted by Gasteiger charge is 2.09. The van der Waals surface area contributed by atoms with E-state index < -0.39 is 17.4 Å². The number of aromatic carboxylic acids is 1. The van der Waals surface area contributed by atoms with Crippen LogP contribution in [-0.2, 0) is 22.7 Å². The second kappa shape index (κ2) is 10.6. The summed E-state index contributed by atoms with van der Waals surface area (Å²) in [6, 6.07) is 9.63. The summed E-state index contributed by atoms with van der Waals surface area (Å²) in [7, 11) is 3.25. The highest BCUT2D eigenvalue weighted by atomic mass is 16.4. The molecule has 32 heavy (non-hydrogen) atoms. The summed E-state index contributed by atoms with van der Waals surface area (Å²) in [6.07, 6.45) is 1.37. The number of carbonyl (C=O) groups excluding carboxylic acids is 2. The lowest BCUT2D eigenvalue weighted by Gasteiger charge is -2.11. The topological polar surface area (TPSA) is 167 Å². The van der Waals surface area contributed by atoms with Gasteiger partial charge in [0.05, 0.1) is 16.5 Å². The molecule has 2 amide bonds. The molecule has 0 bridgehead atoms. The molecule has 0 aliphatic rings. The number of amides is 2. The fourth-order valence-corrected chi connectivity index (χ4v) is 2.78. The Kier molecular flexibility index (Phi) is 7.88. The second-order valence-electron chi connectivity index (χ2n) is 6.95. The van der Waals surface area contributed by atoms with Crippen LogP contribution in [-0.4, -0.2) is 52.8 Å². The van der Waals surface area contributed by atoms with Crippen molar-refractivity contribution in [3.63, 3.8) is 0 Å². The molecule has 0 aliphatic heterocycles. The Morgan fingerprint density at radius 2 is 1.59 bits per heavy atom. The van der Waals surface area contributed by atoms with E-state index in [1.807, 2.05) is 0 Å². The van der Waals surface area contributed by atoms with Gasteiger partial charge in [-0.2, -0.15) is 0 Å². The number of nitrogens with one attached hydrogen (secondary N) is 1. The summed E-state index contributed by atoms with van der Waals surface area (Å²) < 4.78 is 4.43. The van der Waals surface area contributed by atoms with E-state index >= 15 is 0 Å². The molecule has 0 fully saturated rings. The summed E-state index contributed by atoms with van der Waals surface area (Å²) in [5.74, 6) is -1.84. The van der Waals surface area contributed by atoms with Gasteiger partial charge in [-0.1, -0.05) is 12.1 Å². The first-order chi connectivity index (χ1) is 15.1. The molecule has 2 aromatic carbocycles. The van der Waals surface area contributed by atoms with Gasteiger partial charge in [0, 0.05) is 32.9 Å². The third-order valence-corrected chi connectivity index (χ3v) is 4.30. The lowest BCUT2D eigenvalue weighted by atomic mass is 10.1. The number of carboxylic acid groups (broad SMARTS) is 1. The minimum absolute atomic E-state index is 0.0619. The summed E-state index contributed by atoms with van der Waals surface area (Å²) in [4.78, 5) is 59.3. The monoisotopic (exact) mass is 442 g/mol. The lowest BCUT2D eigenvalue weighted by Crippen LogP contribution is -2.17. The van der Waals surface area contributed by atoms with Gasteiger partial charge in [-0.05, 0) is 35.4 Å². The molecular formula is C21H22N4O7. The van der Waals surface area contributed by atoms with Crippen LogP contribution in [0.5, 0.6) is 0 Å². The molecule has 0 atom stereocenters. The molecule has 0 radical (unpaired) electrons. The molecule has 0 spiro atoms. The number of aromatic amines is 1. The largest absolute Gasteiger partial charge is 0.478 e. The van der Waals surface area contributed by atoms with Crippen LogP contribution >= 0.6 is 0 Å². The van der Waals surface area contributed by atoms with Crippen LogP contribution < -0.4 is 17.1 Å². The number of fused-ring (bicyclic) bond motifs is 1. The van der Waals surface area contributed by atoms with E-state index in [2.05, 4.69) is 9.40 Å². The molecular weight excluding hydrogens is 420 g/mol. The number of anilines is 1. The molecule has 0 unspecified atom stereocenters. The average molecular weight is 442 g/mol. The van der Waals surface area contributed by atoms with Crippen LogP contribution in [0.4, 0.5) is 5.69 Å². The van der Waals surface area contributed by atoms with E-state index in [0.29, 0.717) is 36.8 Å². The number of benzene rings is 2. The number of aromatic nitrogens is 1. The van der Waals surface area contributed by atoms with Crippen molar-refractivity contribution < 1.29 is 23.9 Å². The summed E-state index contributed by atoms with van der Waals surface area (Å²) in [6.45, 7) is 0.752. The van der Waals surface area contributed by atoms with Gasteiger partial charge < -0.3 is 25.1 Å². The fraction of sp³-hybridized carbons (Fsp3) is 0.190. The second-order valence-corrected chi connectivity index (χ2v) is 6.95. The molecule has 11 nitrogen and oxygen atoms in total. The number of hydrogen-bond acceptors (Lipinski definition) is 7. The minimum atomic E-state index is -1.07. The Bertz CT molecular complexity index is 1250. The molecule has 1 aromatic heterocycles. The standard InChI is InChI=1S/C11H10N2O4.C10H12N2O3/c1-13(6-14)5-7-2-3-9-8(4-7)10(15)17-11(16)12-9;1-12(6-13)5-7-2-3-9(11)8(4-7)10(14)15/h2-4,6H,5H2,1H3,(H,12,16);2-4,6H,5,11H2,1H3,(H,14,15). The zero-order valence-electron chi connectivity index (χ0n) is 17.4. The molecule has 0 saturated carbocycles. The van der Waals surface area contributed by atoms with Crippen molar-refractivity contribution in [2.24, 2.45) is 0 Å². The maximum Gasteiger partial charge on any atom is 0.419 e. The maximum atomic E-state index is 11.4. The smallest absolute Gasteiger partial charge is 0.419 e. The molecule has 4 N–H and O–H groups in total. The third-order valence-electron chi connectivity index (χ3n) is 4.30. The average Bonchev–Trinajstić information content (AvgIpc) is 2.75. The fourth-order valence-electron chi connectivity index (χ4n) is 2.78. The quantitative estimate of drug-likeness (QED) is 0.354. The van der Waals surface area contributed by atoms with Gasteiger partial charge in [-0.3, -0.25) is 14.6 Å². The number of carboxylic acids is 1. The highest BCUT2D eigenvalue weighted by molar-refractivity contribution is 5.93. The van der Waals surface area contributed by atoms with Crippen molar-refractivity contribution in [1.82, 2.24) is 14.8 Å². The first kappa shape index (κ1) is 23.9. The van der Waals surface area contributed by atoms with Crippen LogP contribution in [0.1, 0.15) is 21.5 Å². The molecule has 168 valence electrons. The van der Waals surface area contributed by atoms with E-state index in [1.165, 1.54) is 21.9 Å². The zero-order valence-corrected chi connectivity index (χ0v) is 17.4. The zero-order chi connectivity index (χ0) is 23.8. The first-order valence-electron chi connectivity index (χ1n) is 9.23. The van der Waals surface area contributed by atoms with E-state index in [4.69, 9.17) is 10.8 Å². The van der Waals surface area contributed by atoms with Crippen molar-refractivity contribution >= 4 is 35.4 Å². The number of nitrogens with two attached hydrogens (primary N) is 1. The molecule has 3 aromatic rings. The van der Waals surface area contributed by atoms with Crippen molar-refractivity contribution in [2.75, 3.05) is 19.8 Å². The number of nitrogens with zero attached hydrogens (tertiary/aromatic N) is 2. The van der Waals surface area contributed by atoms with Gasteiger partial charge in [0.25, 0.3) is 0 Å². The molecule has 11 heteroatoms. The Labute approximate surface area is 181 Å². The number of hydrogen-bond donors (Lipinski definition) is 3. The van der Waals surface area contributed by atoms with E-state index in [-0.39, 0.29) is 11.3 Å². The van der Waals surface area contributed by atoms with Crippen LogP contribution in [0.25, 0.3) is 10.9 Å². The van der Waals surface area contributed by atoms with Crippen molar-refractivity contribution in [2.45, 2.75) is 13.1 Å². The molecule has 1 heterocycles. The Hall–Kier alpha value is -4.41. The van der Waals surface area contributed by atoms with Gasteiger partial charge in [0.15, 0.2) is 0 Å². The molecule has 0 saturated heterocycles. The summed E-state index contributed by atoms with van der Waals surface area (Å²) in [5, 5.41) is 9.11. The molecule has 3 rings (SSSR count). The lowest BCUT2D eigenvalue weighted by molar-refractivity contribution is -0.118. The summed E-state index contributed by atoms with van der Waals surface area (Å²) in [5.41, 5.74) is 7.03. The number of H-pyrrole nitrogens is 1.